The van der Waals surface area contributed by atoms with E-state index in [0.717, 1.165) is 10.6 Å². The van der Waals surface area contributed by atoms with Crippen LogP contribution in [0.15, 0.2) is 5.38 Å². The lowest BCUT2D eigenvalue weighted by Crippen LogP contribution is -1.97. The van der Waals surface area contributed by atoms with Crippen LogP contribution >= 0.6 is 11.3 Å². The Kier molecular flexibility index (Phi) is 1.15. The van der Waals surface area contributed by atoms with Crippen molar-refractivity contribution in [3.05, 3.63) is 11.1 Å². The third-order valence-corrected chi connectivity index (χ3v) is 1.63. The molecule has 1 heterocycles. The van der Waals surface area contributed by atoms with E-state index in [2.05, 4.69) is 10.4 Å². The number of thiazole rings is 1. The monoisotopic (exact) mass is 111 g/mol. The molecule has 0 N–H and O–H groups in total. The molecule has 0 saturated carbocycles. The maximum Gasteiger partial charge on any atom is 0.177 e. The van der Waals surface area contributed by atoms with E-state index in [-0.39, 0.29) is 0 Å². The lowest BCUT2D eigenvalue weighted by Gasteiger charge is -1.71. The standard InChI is InChI=1S/C4H6BNS/c1-3-2-7-4(5)6-3/h2H,5H2,1H3. The summed E-state index contributed by atoms with van der Waals surface area (Å²) in [5.74, 6) is 0. The first-order valence-electron chi connectivity index (χ1n) is 2.18. The highest BCUT2D eigenvalue weighted by Crippen LogP contribution is 1.92. The summed E-state index contributed by atoms with van der Waals surface area (Å²) in [7, 11) is 2.01. The SMILES string of the molecule is Bc1nc(C)cs1. The van der Waals surface area contributed by atoms with Gasteiger partial charge in [-0.25, -0.2) is 0 Å². The quantitative estimate of drug-likeness (QED) is 0.419. The molecule has 0 aliphatic carbocycles. The zero-order chi connectivity index (χ0) is 5.28. The molecule has 0 aliphatic heterocycles. The van der Waals surface area contributed by atoms with Crippen LogP contribution in [0.25, 0.3) is 0 Å². The average Bonchev–Trinajstić information content (AvgIpc) is 1.87. The fraction of sp³-hybridized carbons (Fsp3) is 0.250. The molecule has 0 amide bonds. The maximum absolute atomic E-state index is 4.13. The summed E-state index contributed by atoms with van der Waals surface area (Å²) in [6, 6.07) is 0. The molecule has 3 heteroatoms. The predicted molar refractivity (Wildman–Crippen MR) is 35.0 cm³/mol. The van der Waals surface area contributed by atoms with Gasteiger partial charge in [0.05, 0.1) is 0 Å². The Labute approximate surface area is 47.8 Å². The molecule has 0 fully saturated rings. The normalized spacial score (nSPS) is 9.29. The van der Waals surface area contributed by atoms with E-state index in [4.69, 9.17) is 0 Å². The van der Waals surface area contributed by atoms with Crippen molar-refractivity contribution in [1.82, 2.24) is 4.98 Å². The number of hydrogen-bond acceptors (Lipinski definition) is 2. The average molecular weight is 111 g/mol. The highest BCUT2D eigenvalue weighted by atomic mass is 32.1. The molecule has 36 valence electrons. The summed E-state index contributed by atoms with van der Waals surface area (Å²) in [4.78, 5) is 5.28. The second kappa shape index (κ2) is 1.66. The van der Waals surface area contributed by atoms with Gasteiger partial charge in [-0.05, 0) is 6.92 Å². The van der Waals surface area contributed by atoms with E-state index < -0.39 is 0 Å². The van der Waals surface area contributed by atoms with Gasteiger partial charge >= 0.3 is 0 Å². The van der Waals surface area contributed by atoms with E-state index >= 15 is 0 Å². The van der Waals surface area contributed by atoms with Gasteiger partial charge in [-0.15, -0.1) is 11.3 Å². The molecule has 1 nitrogen and oxygen atoms in total. The van der Waals surface area contributed by atoms with Gasteiger partial charge in [-0.1, -0.05) is 0 Å². The van der Waals surface area contributed by atoms with E-state index in [1.54, 1.807) is 11.3 Å². The predicted octanol–water partition coefficient (Wildman–Crippen LogP) is -0.290. The van der Waals surface area contributed by atoms with Gasteiger partial charge in [0, 0.05) is 16.0 Å². The maximum atomic E-state index is 4.13. The van der Waals surface area contributed by atoms with E-state index in [1.165, 1.54) is 0 Å². The molecule has 1 aromatic heterocycles. The summed E-state index contributed by atoms with van der Waals surface area (Å²) < 4.78 is 0. The Morgan fingerprint density at radius 3 is 2.71 bits per heavy atom. The van der Waals surface area contributed by atoms with Gasteiger partial charge in [0.1, 0.15) is 0 Å². The van der Waals surface area contributed by atoms with Crippen LogP contribution in [0.5, 0.6) is 0 Å². The van der Waals surface area contributed by atoms with Crippen LogP contribution in [0.2, 0.25) is 0 Å². The molecular weight excluding hydrogens is 105 g/mol. The summed E-state index contributed by atoms with van der Waals surface area (Å²) in [5.41, 5.74) is 1.13. The van der Waals surface area contributed by atoms with Crippen molar-refractivity contribution >= 4 is 24.1 Å². The van der Waals surface area contributed by atoms with Gasteiger partial charge in [0.15, 0.2) is 7.85 Å². The third-order valence-electron chi connectivity index (χ3n) is 0.734. The first kappa shape index (κ1) is 4.84. The molecule has 0 aliphatic rings. The molecule has 0 aromatic carbocycles. The summed E-state index contributed by atoms with van der Waals surface area (Å²) in [6.45, 7) is 2.00. The number of rotatable bonds is 0. The molecule has 0 spiro atoms. The van der Waals surface area contributed by atoms with Crippen LogP contribution < -0.4 is 4.91 Å². The highest BCUT2D eigenvalue weighted by Gasteiger charge is 1.86. The second-order valence-corrected chi connectivity index (χ2v) is 2.57. The fourth-order valence-electron chi connectivity index (χ4n) is 0.472. The highest BCUT2D eigenvalue weighted by molar-refractivity contribution is 7.17. The van der Waals surface area contributed by atoms with Crippen molar-refractivity contribution < 1.29 is 0 Å². The lowest BCUT2D eigenvalue weighted by atomic mass is 10.2. The summed E-state index contributed by atoms with van der Waals surface area (Å²) in [6.07, 6.45) is 0. The molecule has 0 unspecified atom stereocenters. The number of aromatic nitrogens is 1. The Morgan fingerprint density at radius 1 is 1.86 bits per heavy atom. The number of hydrogen-bond donors (Lipinski definition) is 0. The summed E-state index contributed by atoms with van der Waals surface area (Å²) in [5, 5.41) is 2.05. The van der Waals surface area contributed by atoms with Crippen LogP contribution in [-0.2, 0) is 0 Å². The Balaban J connectivity index is 3.04. The Hall–Kier alpha value is -0.305. The molecule has 7 heavy (non-hydrogen) atoms. The molecule has 0 saturated heterocycles. The smallest absolute Gasteiger partial charge is 0.177 e. The van der Waals surface area contributed by atoms with E-state index in [0.29, 0.717) is 0 Å². The number of nitrogens with zero attached hydrogens (tertiary/aromatic N) is 1. The van der Waals surface area contributed by atoms with Crippen LogP contribution in [-0.4, -0.2) is 12.8 Å². The minimum Gasteiger partial charge on any atom is -0.258 e. The van der Waals surface area contributed by atoms with Gasteiger partial charge in [-0.3, -0.25) is 4.98 Å². The van der Waals surface area contributed by atoms with Gasteiger partial charge in [0.25, 0.3) is 0 Å². The Bertz CT molecular complexity index is 144. The van der Waals surface area contributed by atoms with E-state index in [9.17, 15) is 0 Å². The number of aryl methyl sites for hydroxylation is 1. The molecule has 1 aromatic rings. The van der Waals surface area contributed by atoms with Crippen molar-refractivity contribution in [2.75, 3.05) is 0 Å². The van der Waals surface area contributed by atoms with E-state index in [1.807, 2.05) is 14.8 Å². The minimum absolute atomic E-state index is 1.13. The lowest BCUT2D eigenvalue weighted by molar-refractivity contribution is 1.30. The summed E-state index contributed by atoms with van der Waals surface area (Å²) >= 11 is 1.69. The van der Waals surface area contributed by atoms with Crippen LogP contribution in [0.1, 0.15) is 5.69 Å². The topological polar surface area (TPSA) is 12.9 Å². The van der Waals surface area contributed by atoms with Crippen molar-refractivity contribution in [2.45, 2.75) is 6.92 Å². The third kappa shape index (κ3) is 1.03. The zero-order valence-electron chi connectivity index (χ0n) is 4.43. The first-order chi connectivity index (χ1) is 3.29. The fourth-order valence-corrected chi connectivity index (χ4v) is 1.06. The van der Waals surface area contributed by atoms with Gasteiger partial charge in [0.2, 0.25) is 0 Å². The molecule has 0 radical (unpaired) electrons. The van der Waals surface area contributed by atoms with Crippen molar-refractivity contribution in [3.8, 4) is 0 Å². The first-order valence-corrected chi connectivity index (χ1v) is 3.06. The largest absolute Gasteiger partial charge is 0.258 e. The molecule has 0 atom stereocenters. The minimum atomic E-state index is 1.13. The van der Waals surface area contributed by atoms with Crippen LogP contribution in [0.3, 0.4) is 0 Å². The molecule has 0 bridgehead atoms. The second-order valence-electron chi connectivity index (χ2n) is 1.51. The van der Waals surface area contributed by atoms with Crippen molar-refractivity contribution in [1.29, 1.82) is 0 Å². The Morgan fingerprint density at radius 2 is 2.57 bits per heavy atom. The zero-order valence-corrected chi connectivity index (χ0v) is 5.25. The molecule has 1 rings (SSSR count). The van der Waals surface area contributed by atoms with Crippen molar-refractivity contribution in [3.63, 3.8) is 0 Å². The van der Waals surface area contributed by atoms with Crippen molar-refractivity contribution in [2.24, 2.45) is 0 Å². The van der Waals surface area contributed by atoms with Gasteiger partial charge in [-0.2, -0.15) is 0 Å². The van der Waals surface area contributed by atoms with Gasteiger partial charge < -0.3 is 0 Å². The van der Waals surface area contributed by atoms with Crippen LogP contribution in [0.4, 0.5) is 0 Å². The molecular formula is C4H6BNS. The van der Waals surface area contributed by atoms with Crippen LogP contribution in [0, 0.1) is 6.92 Å².